The van der Waals surface area contributed by atoms with Gasteiger partial charge in [0, 0.05) is 6.07 Å². The molecule has 3 nitrogen and oxygen atoms in total. The Labute approximate surface area is 89.6 Å². The molecule has 0 saturated heterocycles. The van der Waals surface area contributed by atoms with Crippen LogP contribution in [-0.2, 0) is 0 Å². The minimum absolute atomic E-state index is 0.423. The fraction of sp³-hybridized carbons (Fsp3) is 0.250. The van der Waals surface area contributed by atoms with Crippen LogP contribution < -0.4 is 9.47 Å². The number of rotatable bonds is 5. The minimum Gasteiger partial charge on any atom is -0.490 e. The zero-order chi connectivity index (χ0) is 11.1. The minimum atomic E-state index is 0.423. The molecule has 78 valence electrons. The van der Waals surface area contributed by atoms with Crippen molar-refractivity contribution >= 4 is 0 Å². The highest BCUT2D eigenvalue weighted by atomic mass is 16.5. The number of benzene rings is 1. The molecule has 1 rings (SSSR count). The summed E-state index contributed by atoms with van der Waals surface area (Å²) < 4.78 is 10.8. The van der Waals surface area contributed by atoms with Gasteiger partial charge < -0.3 is 9.47 Å². The van der Waals surface area contributed by atoms with E-state index >= 15 is 0 Å². The lowest BCUT2D eigenvalue weighted by atomic mass is 10.2. The third-order valence-electron chi connectivity index (χ3n) is 1.73. The van der Waals surface area contributed by atoms with Crippen LogP contribution in [0.15, 0.2) is 30.9 Å². The van der Waals surface area contributed by atoms with E-state index in [9.17, 15) is 0 Å². The summed E-state index contributed by atoms with van der Waals surface area (Å²) in [6, 6.07) is 7.15. The van der Waals surface area contributed by atoms with Gasteiger partial charge in [0.05, 0.1) is 18.2 Å². The monoisotopic (exact) mass is 203 g/mol. The maximum absolute atomic E-state index is 8.73. The maximum atomic E-state index is 8.73. The van der Waals surface area contributed by atoms with E-state index in [1.165, 1.54) is 0 Å². The molecule has 0 aliphatic heterocycles. The van der Waals surface area contributed by atoms with Gasteiger partial charge in [0.2, 0.25) is 0 Å². The number of hydrogen-bond donors (Lipinski definition) is 0. The number of hydrogen-bond acceptors (Lipinski definition) is 3. The predicted molar refractivity (Wildman–Crippen MR) is 58.0 cm³/mol. The third-order valence-corrected chi connectivity index (χ3v) is 1.73. The van der Waals surface area contributed by atoms with E-state index in [-0.39, 0.29) is 0 Å². The van der Waals surface area contributed by atoms with Crippen molar-refractivity contribution in [2.24, 2.45) is 0 Å². The maximum Gasteiger partial charge on any atom is 0.162 e. The first-order chi connectivity index (χ1) is 7.31. The molecule has 0 saturated carbocycles. The lowest BCUT2D eigenvalue weighted by molar-refractivity contribution is 0.297. The molecule has 0 aliphatic carbocycles. The van der Waals surface area contributed by atoms with Crippen LogP contribution in [0, 0.1) is 11.3 Å². The SMILES string of the molecule is C=CCOc1ccc(C#N)cc1OCC. The van der Waals surface area contributed by atoms with Crippen molar-refractivity contribution in [3.8, 4) is 17.6 Å². The van der Waals surface area contributed by atoms with Crippen LogP contribution in [0.3, 0.4) is 0 Å². The van der Waals surface area contributed by atoms with Crippen molar-refractivity contribution in [3.05, 3.63) is 36.4 Å². The molecule has 0 unspecified atom stereocenters. The Bertz CT molecular complexity index is 380. The van der Waals surface area contributed by atoms with Crippen molar-refractivity contribution in [1.82, 2.24) is 0 Å². The second-order valence-corrected chi connectivity index (χ2v) is 2.81. The highest BCUT2D eigenvalue weighted by molar-refractivity contribution is 5.46. The summed E-state index contributed by atoms with van der Waals surface area (Å²) in [7, 11) is 0. The van der Waals surface area contributed by atoms with Crippen molar-refractivity contribution < 1.29 is 9.47 Å². The summed E-state index contributed by atoms with van der Waals surface area (Å²) in [4.78, 5) is 0. The molecular weight excluding hydrogens is 190 g/mol. The molecule has 0 amide bonds. The topological polar surface area (TPSA) is 42.2 Å². The fourth-order valence-corrected chi connectivity index (χ4v) is 1.11. The Morgan fingerprint density at radius 1 is 1.40 bits per heavy atom. The van der Waals surface area contributed by atoms with Gasteiger partial charge in [0.1, 0.15) is 6.61 Å². The van der Waals surface area contributed by atoms with Gasteiger partial charge in [-0.05, 0) is 19.1 Å². The van der Waals surface area contributed by atoms with Gasteiger partial charge in [-0.15, -0.1) is 0 Å². The van der Waals surface area contributed by atoms with Crippen LogP contribution in [0.2, 0.25) is 0 Å². The lowest BCUT2D eigenvalue weighted by Crippen LogP contribution is -1.99. The first-order valence-electron chi connectivity index (χ1n) is 4.72. The summed E-state index contributed by atoms with van der Waals surface area (Å²) in [5.41, 5.74) is 0.560. The number of ether oxygens (including phenoxy) is 2. The van der Waals surface area contributed by atoms with Crippen LogP contribution in [0.4, 0.5) is 0 Å². The lowest BCUT2D eigenvalue weighted by Gasteiger charge is -2.10. The largest absolute Gasteiger partial charge is 0.490 e. The zero-order valence-corrected chi connectivity index (χ0v) is 8.69. The molecule has 0 radical (unpaired) electrons. The van der Waals surface area contributed by atoms with E-state index in [0.29, 0.717) is 30.3 Å². The smallest absolute Gasteiger partial charge is 0.162 e. The number of nitrogens with zero attached hydrogens (tertiary/aromatic N) is 1. The average molecular weight is 203 g/mol. The predicted octanol–water partition coefficient (Wildman–Crippen LogP) is 2.52. The summed E-state index contributed by atoms with van der Waals surface area (Å²) in [6.45, 7) is 6.42. The van der Waals surface area contributed by atoms with Crippen LogP contribution in [0.25, 0.3) is 0 Å². The van der Waals surface area contributed by atoms with Gasteiger partial charge in [-0.25, -0.2) is 0 Å². The third kappa shape index (κ3) is 3.03. The van der Waals surface area contributed by atoms with Gasteiger partial charge in [-0.1, -0.05) is 12.7 Å². The molecule has 0 bridgehead atoms. The molecule has 0 spiro atoms. The molecule has 1 aromatic carbocycles. The van der Waals surface area contributed by atoms with Crippen LogP contribution in [0.1, 0.15) is 12.5 Å². The van der Waals surface area contributed by atoms with Crippen molar-refractivity contribution in [3.63, 3.8) is 0 Å². The molecule has 1 aromatic rings. The molecule has 0 fully saturated rings. The standard InChI is InChI=1S/C12H13NO2/c1-3-7-15-11-6-5-10(9-13)8-12(11)14-4-2/h3,5-6,8H,1,4,7H2,2H3. The van der Waals surface area contributed by atoms with Crippen LogP contribution >= 0.6 is 0 Å². The van der Waals surface area contributed by atoms with E-state index in [1.807, 2.05) is 6.92 Å². The van der Waals surface area contributed by atoms with E-state index in [0.717, 1.165) is 0 Å². The van der Waals surface area contributed by atoms with Crippen LogP contribution in [0.5, 0.6) is 11.5 Å². The van der Waals surface area contributed by atoms with Crippen molar-refractivity contribution in [1.29, 1.82) is 5.26 Å². The first-order valence-corrected chi connectivity index (χ1v) is 4.72. The Kier molecular flexibility index (Phi) is 4.24. The van der Waals surface area contributed by atoms with Gasteiger partial charge in [0.25, 0.3) is 0 Å². The van der Waals surface area contributed by atoms with E-state index in [4.69, 9.17) is 14.7 Å². The molecule has 0 aliphatic rings. The Balaban J connectivity index is 2.93. The molecule has 0 heterocycles. The molecule has 3 heteroatoms. The molecule has 0 atom stereocenters. The van der Waals surface area contributed by atoms with Gasteiger partial charge in [-0.2, -0.15) is 5.26 Å². The van der Waals surface area contributed by atoms with Gasteiger partial charge >= 0.3 is 0 Å². The van der Waals surface area contributed by atoms with E-state index in [1.54, 1.807) is 24.3 Å². The normalized spacial score (nSPS) is 9.07. The van der Waals surface area contributed by atoms with E-state index in [2.05, 4.69) is 12.6 Å². The average Bonchev–Trinajstić information content (AvgIpc) is 2.27. The molecule has 0 N–H and O–H groups in total. The summed E-state index contributed by atoms with van der Waals surface area (Å²) in [5, 5.41) is 8.73. The van der Waals surface area contributed by atoms with Gasteiger partial charge in [0.15, 0.2) is 11.5 Å². The second kappa shape index (κ2) is 5.71. The van der Waals surface area contributed by atoms with Gasteiger partial charge in [-0.3, -0.25) is 0 Å². The fourth-order valence-electron chi connectivity index (χ4n) is 1.11. The number of nitriles is 1. The Morgan fingerprint density at radius 2 is 2.20 bits per heavy atom. The van der Waals surface area contributed by atoms with E-state index < -0.39 is 0 Å². The quantitative estimate of drug-likeness (QED) is 0.690. The second-order valence-electron chi connectivity index (χ2n) is 2.81. The molecular formula is C12H13NO2. The molecule has 15 heavy (non-hydrogen) atoms. The van der Waals surface area contributed by atoms with Crippen LogP contribution in [-0.4, -0.2) is 13.2 Å². The zero-order valence-electron chi connectivity index (χ0n) is 8.69. The summed E-state index contributed by atoms with van der Waals surface area (Å²) in [5.74, 6) is 1.23. The highest BCUT2D eigenvalue weighted by Crippen LogP contribution is 2.28. The van der Waals surface area contributed by atoms with Crippen molar-refractivity contribution in [2.45, 2.75) is 6.92 Å². The Hall–Kier alpha value is -1.95. The summed E-state index contributed by atoms with van der Waals surface area (Å²) >= 11 is 0. The van der Waals surface area contributed by atoms with Crippen molar-refractivity contribution in [2.75, 3.05) is 13.2 Å². The first kappa shape index (κ1) is 11.1. The highest BCUT2D eigenvalue weighted by Gasteiger charge is 2.05. The molecule has 0 aromatic heterocycles. The summed E-state index contributed by atoms with van der Waals surface area (Å²) in [6.07, 6.45) is 1.66. The Morgan fingerprint density at radius 3 is 2.80 bits per heavy atom.